The van der Waals surface area contributed by atoms with E-state index in [1.807, 2.05) is 6.92 Å². The molecular weight excluding hydrogens is 760 g/mol. The Morgan fingerprint density at radius 3 is 2.02 bits per heavy atom. The van der Waals surface area contributed by atoms with Crippen LogP contribution in [0.5, 0.6) is 0 Å². The summed E-state index contributed by atoms with van der Waals surface area (Å²) in [4.78, 5) is 65.7. The maximum absolute atomic E-state index is 12.7. The van der Waals surface area contributed by atoms with E-state index in [2.05, 4.69) is 25.0 Å². The summed E-state index contributed by atoms with van der Waals surface area (Å²) in [7, 11) is -9.73. The lowest BCUT2D eigenvalue weighted by molar-refractivity contribution is -0.244. The molecule has 3 aliphatic heterocycles. The van der Waals surface area contributed by atoms with Crippen molar-refractivity contribution in [1.82, 2.24) is 0 Å². The Balaban J connectivity index is 1.54. The molecule has 267 valence electrons. The van der Waals surface area contributed by atoms with Crippen molar-refractivity contribution in [2.75, 3.05) is 19.8 Å². The Morgan fingerprint density at radius 2 is 1.43 bits per heavy atom. The molecule has 0 amide bonds. The van der Waals surface area contributed by atoms with E-state index < -0.39 is 106 Å². The second-order valence-electron chi connectivity index (χ2n) is 10.2. The molecule has 0 aromatic heterocycles. The van der Waals surface area contributed by atoms with E-state index in [9.17, 15) is 47.8 Å². The molecule has 0 aromatic rings. The van der Waals surface area contributed by atoms with E-state index in [0.29, 0.717) is 12.8 Å². The summed E-state index contributed by atoms with van der Waals surface area (Å²) in [5.41, 5.74) is 0. The first-order valence-electron chi connectivity index (χ1n) is 13.5. The van der Waals surface area contributed by atoms with Gasteiger partial charge >= 0.3 is 7.82 Å². The van der Waals surface area contributed by atoms with Crippen LogP contribution in [0.1, 0.15) is 32.6 Å². The van der Waals surface area contributed by atoms with Gasteiger partial charge in [0.05, 0.1) is 51.4 Å². The Bertz CT molecular complexity index is 1300. The minimum atomic E-state index is -5.99. The quantitative estimate of drug-likeness (QED) is 0.0869. The van der Waals surface area contributed by atoms with E-state index in [1.165, 1.54) is 0 Å². The summed E-state index contributed by atoms with van der Waals surface area (Å²) >= 11 is 4.34. The lowest BCUT2D eigenvalue weighted by Crippen LogP contribution is -2.33. The van der Waals surface area contributed by atoms with Gasteiger partial charge in [-0.1, -0.05) is 18.7 Å². The molecule has 0 saturated carbocycles. The fourth-order valence-corrected chi connectivity index (χ4v) is 10.3. The average Bonchev–Trinajstić information content (AvgIpc) is 3.58. The Morgan fingerprint density at radius 1 is 0.830 bits per heavy atom. The van der Waals surface area contributed by atoms with E-state index in [1.54, 1.807) is 0 Å². The van der Waals surface area contributed by atoms with Crippen molar-refractivity contribution in [2.45, 2.75) is 87.3 Å². The van der Waals surface area contributed by atoms with Crippen molar-refractivity contribution in [3.05, 3.63) is 0 Å². The van der Waals surface area contributed by atoms with Gasteiger partial charge in [-0.2, -0.15) is 0 Å². The van der Waals surface area contributed by atoms with Crippen molar-refractivity contribution >= 4 is 72.6 Å². The summed E-state index contributed by atoms with van der Waals surface area (Å²) in [5.74, 6) is 0. The number of aliphatic hydroxyl groups is 1. The standard InChI is InChI=1S/C17H33B3O21P5S/c1-2-9-3-10(21)13(35-9)6-32-43(25,26)39-12-5-17(20-19)37-15(12)7-33-44(27,28)38-11-4-16(18)36-14(11)8-34-46(31,47)41-45(29,30)40-42(22,23)24/h9-17,21H,2-8H2,1H3,(H,25,26)(H,27,28)(H,29,30)(H,31,47)(H2,22,23,24)/p-4/t9-,10-,11-,12-,13+,14+,15+,16+,17+,46?/m0/s1. The van der Waals surface area contributed by atoms with Crippen LogP contribution in [0.3, 0.4) is 0 Å². The first kappa shape index (κ1) is 42.5. The topological polar surface area (TPSA) is 314 Å². The molecule has 0 aliphatic carbocycles. The lowest BCUT2D eigenvalue weighted by atomic mass is 9.51. The minimum absolute atomic E-state index is 0.108. The van der Waals surface area contributed by atoms with E-state index in [4.69, 9.17) is 52.8 Å². The van der Waals surface area contributed by atoms with Gasteiger partial charge in [0.1, 0.15) is 32.9 Å². The molecule has 3 heterocycles. The van der Waals surface area contributed by atoms with Gasteiger partial charge in [-0.25, -0.2) is 8.88 Å². The normalized spacial score (nSPS) is 37.7. The largest absolute Gasteiger partial charge is 0.779 e. The molecular formula is C17H29B3O21P5S-4. The molecule has 3 rings (SSSR count). The summed E-state index contributed by atoms with van der Waals surface area (Å²) in [6.45, 7) is -5.50. The van der Waals surface area contributed by atoms with Crippen molar-refractivity contribution in [2.24, 2.45) is 0 Å². The smallest absolute Gasteiger partial charge is 0.472 e. The van der Waals surface area contributed by atoms with Crippen molar-refractivity contribution in [3.8, 4) is 0 Å². The molecule has 3 fully saturated rings. The zero-order valence-corrected chi connectivity index (χ0v) is 29.5. The zero-order chi connectivity index (χ0) is 35.4. The van der Waals surface area contributed by atoms with Gasteiger partial charge in [-0.05, 0) is 19.3 Å². The van der Waals surface area contributed by atoms with Crippen molar-refractivity contribution in [3.63, 3.8) is 0 Å². The SMILES string of the molecule is [B][B][C@H]1C[C@H](OP(=O)(O)OC[C@H]2O[C@@H](CC)C[C@@H]2O)[C@@H](COP(=O)([O-])O[C@H]2C[C@H]([B])O[C@@H]2COP([O-])(=S)OP(=O)([O-])OP(=O)([O-])O)O1. The highest BCUT2D eigenvalue weighted by Crippen LogP contribution is 2.61. The highest BCUT2D eigenvalue weighted by atomic mass is 32.5. The van der Waals surface area contributed by atoms with Gasteiger partial charge in [-0.15, -0.1) is 0 Å². The van der Waals surface area contributed by atoms with Gasteiger partial charge in [0.15, 0.2) is 0 Å². The van der Waals surface area contributed by atoms with Gasteiger partial charge in [-0.3, -0.25) is 27.1 Å². The molecule has 0 aromatic carbocycles. The number of phosphoric acid groups is 4. The first-order chi connectivity index (χ1) is 21.5. The molecule has 5 unspecified atom stereocenters. The summed E-state index contributed by atoms with van der Waals surface area (Å²) in [5, 5.41) is 10.1. The van der Waals surface area contributed by atoms with Crippen LogP contribution in [0.4, 0.5) is 0 Å². The summed E-state index contributed by atoms with van der Waals surface area (Å²) in [6, 6.07) is -2.02. The molecule has 47 heavy (non-hydrogen) atoms. The van der Waals surface area contributed by atoms with Crippen LogP contribution in [0.25, 0.3) is 0 Å². The second-order valence-corrected chi connectivity index (χ2v) is 18.6. The Kier molecular flexibility index (Phi) is 15.6. The number of ether oxygens (including phenoxy) is 3. The predicted octanol–water partition coefficient (Wildman–Crippen LogP) is -2.96. The van der Waals surface area contributed by atoms with Crippen LogP contribution in [0, 0.1) is 0 Å². The van der Waals surface area contributed by atoms with Crippen LogP contribution in [-0.2, 0) is 75.5 Å². The lowest BCUT2D eigenvalue weighted by Gasteiger charge is -2.36. The number of phosphoric ester groups is 2. The average molecular weight is 789 g/mol. The van der Waals surface area contributed by atoms with Gasteiger partial charge in [0.2, 0.25) is 0 Å². The van der Waals surface area contributed by atoms with Crippen LogP contribution in [0.2, 0.25) is 0 Å². The molecule has 3 saturated heterocycles. The molecule has 0 bridgehead atoms. The van der Waals surface area contributed by atoms with Crippen LogP contribution < -0.4 is 19.6 Å². The Hall–Kier alpha value is 1.08. The molecule has 14 atom stereocenters. The van der Waals surface area contributed by atoms with Crippen molar-refractivity contribution in [1.29, 1.82) is 0 Å². The minimum Gasteiger partial charge on any atom is -0.779 e. The highest BCUT2D eigenvalue weighted by Gasteiger charge is 2.43. The molecule has 3 aliphatic rings. The number of aliphatic hydroxyl groups excluding tert-OH is 1. The summed E-state index contributed by atoms with van der Waals surface area (Å²) < 4.78 is 95.4. The number of hydrogen-bond donors (Lipinski definition) is 3. The molecule has 3 N–H and O–H groups in total. The van der Waals surface area contributed by atoms with Crippen LogP contribution >= 0.6 is 38.0 Å². The summed E-state index contributed by atoms with van der Waals surface area (Å²) in [6.07, 6.45) is -7.11. The molecule has 30 heteroatoms. The van der Waals surface area contributed by atoms with Crippen molar-refractivity contribution < 1.29 is 98.2 Å². The van der Waals surface area contributed by atoms with Crippen LogP contribution in [-0.4, -0.2) is 112 Å². The zero-order valence-electron chi connectivity index (χ0n) is 24.2. The second kappa shape index (κ2) is 17.3. The fraction of sp³-hybridized carbons (Fsp3) is 1.00. The molecule has 0 spiro atoms. The fourth-order valence-electron chi connectivity index (χ4n) is 4.55. The number of hydrogen-bond acceptors (Lipinski definition) is 20. The van der Waals surface area contributed by atoms with Gasteiger partial charge in [0, 0.05) is 26.2 Å². The third kappa shape index (κ3) is 14.6. The molecule has 21 nitrogen and oxygen atoms in total. The van der Waals surface area contributed by atoms with E-state index >= 15 is 0 Å². The maximum atomic E-state index is 12.7. The third-order valence-electron chi connectivity index (χ3n) is 6.56. The highest BCUT2D eigenvalue weighted by molar-refractivity contribution is 8.07. The molecule has 5 radical (unpaired) electrons. The Labute approximate surface area is 277 Å². The van der Waals surface area contributed by atoms with E-state index in [0.717, 1.165) is 7.17 Å². The first-order valence-corrected chi connectivity index (χ1v) is 22.0. The third-order valence-corrected chi connectivity index (χ3v) is 13.2. The maximum Gasteiger partial charge on any atom is 0.472 e. The van der Waals surface area contributed by atoms with Gasteiger partial charge in [0.25, 0.3) is 23.5 Å². The predicted molar refractivity (Wildman–Crippen MR) is 152 cm³/mol. The van der Waals surface area contributed by atoms with Crippen LogP contribution in [0.15, 0.2) is 0 Å². The monoisotopic (exact) mass is 789 g/mol. The number of rotatable bonds is 19. The van der Waals surface area contributed by atoms with Gasteiger partial charge < -0.3 is 62.2 Å². The van der Waals surface area contributed by atoms with E-state index in [-0.39, 0.29) is 18.9 Å².